The van der Waals surface area contributed by atoms with Crippen LogP contribution in [0.4, 0.5) is 10.1 Å². The second-order valence-electron chi connectivity index (χ2n) is 8.10. The lowest BCUT2D eigenvalue weighted by atomic mass is 10.1. The standard InChI is InChI=1S/C26H26Cl2FN3O4S/c1-3-24(26(34)30-2)31(16-18-9-10-19(27)15-23(18)28)25(33)17-32(21-13-11-20(29)12-14-21)37(35,36)22-7-5-4-6-8-22/h4-15,24H,3,16-17H2,1-2H3,(H,30,34)/t24-/m1/s1. The maximum absolute atomic E-state index is 13.8. The molecule has 0 aliphatic rings. The number of halogens is 3. The Labute approximate surface area is 225 Å². The number of anilines is 1. The quantitative estimate of drug-likeness (QED) is 0.379. The lowest BCUT2D eigenvalue weighted by Gasteiger charge is -2.33. The zero-order chi connectivity index (χ0) is 27.2. The topological polar surface area (TPSA) is 86.8 Å². The number of nitrogens with one attached hydrogen (secondary N) is 1. The van der Waals surface area contributed by atoms with E-state index in [1.807, 2.05) is 0 Å². The molecular weight excluding hydrogens is 540 g/mol. The lowest BCUT2D eigenvalue weighted by molar-refractivity contribution is -0.140. The van der Waals surface area contributed by atoms with Crippen molar-refractivity contribution in [2.24, 2.45) is 0 Å². The van der Waals surface area contributed by atoms with Gasteiger partial charge in [0.15, 0.2) is 0 Å². The third-order valence-corrected chi connectivity index (χ3v) is 8.09. The zero-order valence-corrected chi connectivity index (χ0v) is 22.5. The number of benzene rings is 3. The van der Waals surface area contributed by atoms with Crippen LogP contribution in [0.3, 0.4) is 0 Å². The molecule has 37 heavy (non-hydrogen) atoms. The van der Waals surface area contributed by atoms with Gasteiger partial charge in [0.2, 0.25) is 11.8 Å². The number of hydrogen-bond donors (Lipinski definition) is 1. The molecule has 0 bridgehead atoms. The first-order chi connectivity index (χ1) is 17.6. The van der Waals surface area contributed by atoms with Crippen LogP contribution in [0.1, 0.15) is 18.9 Å². The van der Waals surface area contributed by atoms with Gasteiger partial charge in [-0.2, -0.15) is 0 Å². The Kier molecular flexibility index (Phi) is 9.53. The van der Waals surface area contributed by atoms with Gasteiger partial charge in [0.25, 0.3) is 10.0 Å². The van der Waals surface area contributed by atoms with Crippen LogP contribution < -0.4 is 9.62 Å². The van der Waals surface area contributed by atoms with Gasteiger partial charge in [0.05, 0.1) is 10.6 Å². The van der Waals surface area contributed by atoms with E-state index in [2.05, 4.69) is 5.32 Å². The first-order valence-corrected chi connectivity index (χ1v) is 13.6. The largest absolute Gasteiger partial charge is 0.357 e. The molecule has 0 unspecified atom stereocenters. The van der Waals surface area contributed by atoms with E-state index < -0.39 is 40.2 Å². The second kappa shape index (κ2) is 12.4. The van der Waals surface area contributed by atoms with Gasteiger partial charge in [-0.25, -0.2) is 12.8 Å². The Morgan fingerprint density at radius 1 is 1.00 bits per heavy atom. The van der Waals surface area contributed by atoms with E-state index in [4.69, 9.17) is 23.2 Å². The fourth-order valence-corrected chi connectivity index (χ4v) is 5.68. The Morgan fingerprint density at radius 2 is 1.65 bits per heavy atom. The van der Waals surface area contributed by atoms with Crippen LogP contribution in [-0.2, 0) is 26.2 Å². The molecule has 0 fully saturated rings. The van der Waals surface area contributed by atoms with Gasteiger partial charge in [-0.15, -0.1) is 0 Å². The fourth-order valence-electron chi connectivity index (χ4n) is 3.78. The number of likely N-dealkylation sites (N-methyl/N-ethyl adjacent to an activating group) is 1. The molecule has 0 aromatic heterocycles. The molecule has 11 heteroatoms. The van der Waals surface area contributed by atoms with E-state index in [1.165, 1.54) is 42.3 Å². The molecule has 3 rings (SSSR count). The molecular formula is C26H26Cl2FN3O4S. The van der Waals surface area contributed by atoms with E-state index in [1.54, 1.807) is 37.3 Å². The second-order valence-corrected chi connectivity index (χ2v) is 10.8. The molecule has 196 valence electrons. The molecule has 3 aromatic carbocycles. The van der Waals surface area contributed by atoms with Gasteiger partial charge in [0.1, 0.15) is 18.4 Å². The van der Waals surface area contributed by atoms with E-state index in [0.717, 1.165) is 16.4 Å². The molecule has 0 radical (unpaired) electrons. The maximum Gasteiger partial charge on any atom is 0.264 e. The van der Waals surface area contributed by atoms with E-state index in [9.17, 15) is 22.4 Å². The van der Waals surface area contributed by atoms with Gasteiger partial charge in [-0.05, 0) is 60.5 Å². The Hall–Kier alpha value is -3.14. The summed E-state index contributed by atoms with van der Waals surface area (Å²) in [5.41, 5.74) is 0.622. The van der Waals surface area contributed by atoms with E-state index in [0.29, 0.717) is 15.6 Å². The SMILES string of the molecule is CC[C@H](C(=O)NC)N(Cc1ccc(Cl)cc1Cl)C(=O)CN(c1ccc(F)cc1)S(=O)(=O)c1ccccc1. The highest BCUT2D eigenvalue weighted by molar-refractivity contribution is 7.92. The maximum atomic E-state index is 13.8. The summed E-state index contributed by atoms with van der Waals surface area (Å²) in [6, 6.07) is 16.2. The van der Waals surface area contributed by atoms with Crippen LogP contribution in [0, 0.1) is 5.82 Å². The van der Waals surface area contributed by atoms with Crippen LogP contribution in [0.25, 0.3) is 0 Å². The minimum Gasteiger partial charge on any atom is -0.357 e. The Morgan fingerprint density at radius 3 is 2.22 bits per heavy atom. The van der Waals surface area contributed by atoms with Crippen LogP contribution in [0.5, 0.6) is 0 Å². The minimum absolute atomic E-state index is 0.0437. The zero-order valence-electron chi connectivity index (χ0n) is 20.2. The first-order valence-electron chi connectivity index (χ1n) is 11.4. The molecule has 0 aliphatic carbocycles. The predicted molar refractivity (Wildman–Crippen MR) is 143 cm³/mol. The normalized spacial score (nSPS) is 12.0. The number of amides is 2. The monoisotopic (exact) mass is 565 g/mol. The molecule has 0 aliphatic heterocycles. The van der Waals surface area contributed by atoms with Crippen molar-refractivity contribution >= 4 is 50.7 Å². The summed E-state index contributed by atoms with van der Waals surface area (Å²) < 4.78 is 41.7. The number of carbonyl (C=O) groups is 2. The Balaban J connectivity index is 2.06. The molecule has 0 saturated heterocycles. The average Bonchev–Trinajstić information content (AvgIpc) is 2.89. The van der Waals surface area contributed by atoms with Gasteiger partial charge < -0.3 is 10.2 Å². The van der Waals surface area contributed by atoms with E-state index in [-0.39, 0.29) is 23.5 Å². The summed E-state index contributed by atoms with van der Waals surface area (Å²) in [4.78, 5) is 27.7. The molecule has 2 amide bonds. The van der Waals surface area contributed by atoms with Gasteiger partial charge in [-0.3, -0.25) is 13.9 Å². The van der Waals surface area contributed by atoms with Crippen molar-refractivity contribution in [3.63, 3.8) is 0 Å². The minimum atomic E-state index is -4.22. The number of hydrogen-bond acceptors (Lipinski definition) is 4. The predicted octanol–water partition coefficient (Wildman–Crippen LogP) is 4.88. The van der Waals surface area contributed by atoms with Gasteiger partial charge in [0, 0.05) is 23.6 Å². The first kappa shape index (κ1) is 28.4. The van der Waals surface area contributed by atoms with Crippen molar-refractivity contribution in [3.05, 3.63) is 94.2 Å². The third-order valence-electron chi connectivity index (χ3n) is 5.71. The van der Waals surface area contributed by atoms with Crippen LogP contribution in [0.2, 0.25) is 10.0 Å². The summed E-state index contributed by atoms with van der Waals surface area (Å²) in [6.45, 7) is 1.03. The lowest BCUT2D eigenvalue weighted by Crippen LogP contribution is -2.51. The summed E-state index contributed by atoms with van der Waals surface area (Å²) in [5, 5.41) is 3.25. The van der Waals surface area contributed by atoms with Crippen molar-refractivity contribution in [1.29, 1.82) is 0 Å². The molecule has 0 saturated carbocycles. The van der Waals surface area contributed by atoms with Crippen molar-refractivity contribution in [2.75, 3.05) is 17.9 Å². The number of rotatable bonds is 10. The third kappa shape index (κ3) is 6.80. The van der Waals surface area contributed by atoms with Crippen LogP contribution >= 0.6 is 23.2 Å². The number of nitrogens with zero attached hydrogens (tertiary/aromatic N) is 2. The molecule has 7 nitrogen and oxygen atoms in total. The fraction of sp³-hybridized carbons (Fsp3) is 0.231. The van der Waals surface area contributed by atoms with Crippen LogP contribution in [0.15, 0.2) is 77.7 Å². The summed E-state index contributed by atoms with van der Waals surface area (Å²) in [5.74, 6) is -1.62. The van der Waals surface area contributed by atoms with Gasteiger partial charge >= 0.3 is 0 Å². The molecule has 1 N–H and O–H groups in total. The summed E-state index contributed by atoms with van der Waals surface area (Å²) >= 11 is 12.3. The van der Waals surface area contributed by atoms with Crippen molar-refractivity contribution < 1.29 is 22.4 Å². The Bertz CT molecular complexity index is 1360. The number of carbonyl (C=O) groups excluding carboxylic acids is 2. The summed E-state index contributed by atoms with van der Waals surface area (Å²) in [6.07, 6.45) is 0.263. The summed E-state index contributed by atoms with van der Waals surface area (Å²) in [7, 11) is -2.77. The molecule has 0 heterocycles. The smallest absolute Gasteiger partial charge is 0.264 e. The highest BCUT2D eigenvalue weighted by atomic mass is 35.5. The van der Waals surface area contributed by atoms with Crippen molar-refractivity contribution in [1.82, 2.24) is 10.2 Å². The molecule has 0 spiro atoms. The van der Waals surface area contributed by atoms with Crippen molar-refractivity contribution in [3.8, 4) is 0 Å². The molecule has 1 atom stereocenters. The van der Waals surface area contributed by atoms with Crippen LogP contribution in [-0.4, -0.2) is 44.8 Å². The number of sulfonamides is 1. The molecule has 3 aromatic rings. The van der Waals surface area contributed by atoms with E-state index >= 15 is 0 Å². The van der Waals surface area contributed by atoms with Gasteiger partial charge in [-0.1, -0.05) is 54.4 Å². The van der Waals surface area contributed by atoms with Crippen molar-refractivity contribution in [2.45, 2.75) is 30.8 Å². The highest BCUT2D eigenvalue weighted by Crippen LogP contribution is 2.27. The average molecular weight is 566 g/mol. The highest BCUT2D eigenvalue weighted by Gasteiger charge is 2.33.